The minimum atomic E-state index is -0.907. The number of carbonyl (C=O) groups is 1. The molecular weight excluding hydrogens is 264 g/mol. The molecule has 3 rings (SSSR count). The summed E-state index contributed by atoms with van der Waals surface area (Å²) in [4.78, 5) is 15.3. The van der Waals surface area contributed by atoms with E-state index < -0.39 is 5.97 Å². The summed E-state index contributed by atoms with van der Waals surface area (Å²) in [5, 5.41) is 12.3. The van der Waals surface area contributed by atoms with Crippen LogP contribution in [0, 0.1) is 5.92 Å². The van der Waals surface area contributed by atoms with Crippen molar-refractivity contribution in [2.75, 3.05) is 13.1 Å². The van der Waals surface area contributed by atoms with Crippen LogP contribution in [0.2, 0.25) is 0 Å². The lowest BCUT2D eigenvalue weighted by Gasteiger charge is -2.08. The van der Waals surface area contributed by atoms with Crippen molar-refractivity contribution in [2.24, 2.45) is 5.92 Å². The third kappa shape index (κ3) is 3.28. The van der Waals surface area contributed by atoms with Gasteiger partial charge in [0.1, 0.15) is 0 Å². The molecule has 2 N–H and O–H groups in total. The van der Waals surface area contributed by atoms with Crippen molar-refractivity contribution in [1.29, 1.82) is 0 Å². The molecule has 0 radical (unpaired) electrons. The molecule has 1 fully saturated rings. The van der Waals surface area contributed by atoms with Crippen LogP contribution < -0.4 is 5.32 Å². The van der Waals surface area contributed by atoms with Gasteiger partial charge < -0.3 is 10.4 Å². The maximum atomic E-state index is 10.8. The van der Waals surface area contributed by atoms with Crippen LogP contribution in [-0.4, -0.2) is 29.1 Å². The summed E-state index contributed by atoms with van der Waals surface area (Å²) in [6, 6.07) is 10.9. The smallest absolute Gasteiger partial charge is 0.335 e. The summed E-state index contributed by atoms with van der Waals surface area (Å²) in [5.74, 6) is -0.192. The molecule has 4 heteroatoms. The maximum absolute atomic E-state index is 10.8. The van der Waals surface area contributed by atoms with Gasteiger partial charge in [0.15, 0.2) is 0 Å². The van der Waals surface area contributed by atoms with Crippen molar-refractivity contribution >= 4 is 5.97 Å². The number of aromatic nitrogens is 1. The molecule has 0 saturated carbocycles. The highest BCUT2D eigenvalue weighted by molar-refractivity contribution is 5.88. The Labute approximate surface area is 123 Å². The van der Waals surface area contributed by atoms with E-state index >= 15 is 0 Å². The minimum absolute atomic E-state index is 0.295. The van der Waals surface area contributed by atoms with E-state index in [0.717, 1.165) is 30.8 Å². The molecule has 1 saturated heterocycles. The van der Waals surface area contributed by atoms with Gasteiger partial charge in [-0.1, -0.05) is 18.2 Å². The fourth-order valence-electron chi connectivity index (χ4n) is 2.72. The maximum Gasteiger partial charge on any atom is 0.335 e. The second kappa shape index (κ2) is 6.06. The Kier molecular flexibility index (Phi) is 3.97. The lowest BCUT2D eigenvalue weighted by Crippen LogP contribution is -2.10. The molecule has 0 bridgehead atoms. The number of benzene rings is 1. The Bertz CT molecular complexity index is 614. The quantitative estimate of drug-likeness (QED) is 0.905. The normalized spacial score (nSPS) is 17.8. The number of nitrogens with one attached hydrogen (secondary N) is 1. The SMILES string of the molecule is O=C(O)c1ccc(-c2ccc(CC3CCNC3)cn2)cc1. The van der Waals surface area contributed by atoms with Crippen LogP contribution in [0.5, 0.6) is 0 Å². The molecule has 2 heterocycles. The van der Waals surface area contributed by atoms with Gasteiger partial charge in [-0.3, -0.25) is 4.98 Å². The van der Waals surface area contributed by atoms with Gasteiger partial charge in [-0.05, 0) is 55.6 Å². The number of hydrogen-bond donors (Lipinski definition) is 2. The fraction of sp³-hybridized carbons (Fsp3) is 0.294. The molecule has 0 spiro atoms. The van der Waals surface area contributed by atoms with E-state index in [1.807, 2.05) is 12.3 Å². The first-order valence-electron chi connectivity index (χ1n) is 7.22. The predicted molar refractivity (Wildman–Crippen MR) is 81.3 cm³/mol. The summed E-state index contributed by atoms with van der Waals surface area (Å²) in [7, 11) is 0. The third-order valence-electron chi connectivity index (χ3n) is 3.94. The van der Waals surface area contributed by atoms with E-state index in [4.69, 9.17) is 5.11 Å². The van der Waals surface area contributed by atoms with Gasteiger partial charge >= 0.3 is 5.97 Å². The van der Waals surface area contributed by atoms with Crippen LogP contribution in [0.15, 0.2) is 42.6 Å². The summed E-state index contributed by atoms with van der Waals surface area (Å²) in [5.41, 5.74) is 3.37. The van der Waals surface area contributed by atoms with E-state index in [0.29, 0.717) is 11.5 Å². The fourth-order valence-corrected chi connectivity index (χ4v) is 2.72. The molecule has 1 atom stereocenters. The summed E-state index contributed by atoms with van der Waals surface area (Å²) >= 11 is 0. The zero-order chi connectivity index (χ0) is 14.7. The van der Waals surface area contributed by atoms with Gasteiger partial charge in [0, 0.05) is 11.8 Å². The Morgan fingerprint density at radius 2 is 2.05 bits per heavy atom. The van der Waals surface area contributed by atoms with Gasteiger partial charge in [0.25, 0.3) is 0 Å². The zero-order valence-electron chi connectivity index (χ0n) is 11.7. The number of nitrogens with zero attached hydrogens (tertiary/aromatic N) is 1. The monoisotopic (exact) mass is 282 g/mol. The first-order valence-corrected chi connectivity index (χ1v) is 7.22. The second-order valence-electron chi connectivity index (χ2n) is 5.50. The van der Waals surface area contributed by atoms with Crippen LogP contribution in [0.3, 0.4) is 0 Å². The molecule has 1 unspecified atom stereocenters. The average molecular weight is 282 g/mol. The highest BCUT2D eigenvalue weighted by Crippen LogP contribution is 2.20. The summed E-state index contributed by atoms with van der Waals surface area (Å²) < 4.78 is 0. The number of hydrogen-bond acceptors (Lipinski definition) is 3. The number of rotatable bonds is 4. The predicted octanol–water partition coefficient (Wildman–Crippen LogP) is 2.60. The van der Waals surface area contributed by atoms with Crippen LogP contribution in [0.1, 0.15) is 22.3 Å². The van der Waals surface area contributed by atoms with Crippen molar-refractivity contribution in [3.8, 4) is 11.3 Å². The number of carboxylic acids is 1. The van der Waals surface area contributed by atoms with Crippen molar-refractivity contribution in [1.82, 2.24) is 10.3 Å². The highest BCUT2D eigenvalue weighted by atomic mass is 16.4. The van der Waals surface area contributed by atoms with E-state index in [-0.39, 0.29) is 0 Å². The van der Waals surface area contributed by atoms with Crippen molar-refractivity contribution < 1.29 is 9.90 Å². The number of aromatic carboxylic acids is 1. The van der Waals surface area contributed by atoms with Gasteiger partial charge in [-0.15, -0.1) is 0 Å². The molecule has 1 aromatic carbocycles. The molecule has 0 amide bonds. The Balaban J connectivity index is 1.72. The molecule has 2 aromatic rings. The molecule has 21 heavy (non-hydrogen) atoms. The largest absolute Gasteiger partial charge is 0.478 e. The van der Waals surface area contributed by atoms with Crippen LogP contribution in [0.4, 0.5) is 0 Å². The lowest BCUT2D eigenvalue weighted by molar-refractivity contribution is 0.0697. The molecule has 4 nitrogen and oxygen atoms in total. The average Bonchev–Trinajstić information content (AvgIpc) is 3.01. The van der Waals surface area contributed by atoms with Crippen molar-refractivity contribution in [3.05, 3.63) is 53.7 Å². The van der Waals surface area contributed by atoms with Crippen molar-refractivity contribution in [3.63, 3.8) is 0 Å². The van der Waals surface area contributed by atoms with Crippen LogP contribution in [-0.2, 0) is 6.42 Å². The summed E-state index contributed by atoms with van der Waals surface area (Å²) in [6.45, 7) is 2.21. The van der Waals surface area contributed by atoms with Crippen LogP contribution in [0.25, 0.3) is 11.3 Å². The van der Waals surface area contributed by atoms with Crippen molar-refractivity contribution in [2.45, 2.75) is 12.8 Å². The van der Waals surface area contributed by atoms with Crippen LogP contribution >= 0.6 is 0 Å². The molecule has 108 valence electrons. The molecule has 1 aliphatic heterocycles. The zero-order valence-corrected chi connectivity index (χ0v) is 11.7. The Morgan fingerprint density at radius 1 is 1.24 bits per heavy atom. The standard InChI is InChI=1S/C17H18N2O2/c20-17(21)15-4-2-14(3-5-15)16-6-1-12(11-19-16)9-13-7-8-18-10-13/h1-6,11,13,18H,7-10H2,(H,20,21). The van der Waals surface area contributed by atoms with Gasteiger partial charge in [-0.2, -0.15) is 0 Å². The minimum Gasteiger partial charge on any atom is -0.478 e. The lowest BCUT2D eigenvalue weighted by atomic mass is 9.99. The molecule has 1 aromatic heterocycles. The topological polar surface area (TPSA) is 62.2 Å². The summed E-state index contributed by atoms with van der Waals surface area (Å²) in [6.07, 6.45) is 4.23. The molecule has 0 aliphatic carbocycles. The highest BCUT2D eigenvalue weighted by Gasteiger charge is 2.14. The van der Waals surface area contributed by atoms with Gasteiger partial charge in [-0.25, -0.2) is 4.79 Å². The molecule has 1 aliphatic rings. The van der Waals surface area contributed by atoms with E-state index in [1.165, 1.54) is 12.0 Å². The third-order valence-corrected chi connectivity index (χ3v) is 3.94. The second-order valence-corrected chi connectivity index (χ2v) is 5.50. The molecular formula is C17H18N2O2. The van der Waals surface area contributed by atoms with E-state index in [9.17, 15) is 4.79 Å². The van der Waals surface area contributed by atoms with Gasteiger partial charge in [0.2, 0.25) is 0 Å². The number of carboxylic acid groups (broad SMARTS) is 1. The van der Waals surface area contributed by atoms with E-state index in [2.05, 4.69) is 16.4 Å². The van der Waals surface area contributed by atoms with E-state index in [1.54, 1.807) is 24.3 Å². The Morgan fingerprint density at radius 3 is 2.62 bits per heavy atom. The first-order chi connectivity index (χ1) is 10.2. The number of pyridine rings is 1. The first kappa shape index (κ1) is 13.8. The Hall–Kier alpha value is -2.20. The van der Waals surface area contributed by atoms with Gasteiger partial charge in [0.05, 0.1) is 11.3 Å².